The number of aliphatic hydroxyl groups excluding tert-OH is 1. The minimum Gasteiger partial charge on any atom is -0.392 e. The predicted molar refractivity (Wildman–Crippen MR) is 86.4 cm³/mol. The number of ketones is 1. The van der Waals surface area contributed by atoms with E-state index in [9.17, 15) is 9.90 Å². The summed E-state index contributed by atoms with van der Waals surface area (Å²) in [5, 5.41) is 9.63. The van der Waals surface area contributed by atoms with Gasteiger partial charge in [0.2, 0.25) is 0 Å². The van der Waals surface area contributed by atoms with E-state index in [0.29, 0.717) is 12.5 Å². The highest BCUT2D eigenvalue weighted by molar-refractivity contribution is 6.00. The Hall–Kier alpha value is -1.46. The van der Waals surface area contributed by atoms with Crippen LogP contribution in [0.25, 0.3) is 0 Å². The number of carbonyl (C=O) groups is 1. The molecule has 0 radical (unpaired) electrons. The second kappa shape index (κ2) is 6.34. The van der Waals surface area contributed by atoms with Gasteiger partial charge in [0, 0.05) is 44.2 Å². The van der Waals surface area contributed by atoms with Crippen LogP contribution in [0.15, 0.2) is 12.1 Å². The molecule has 0 bridgehead atoms. The highest BCUT2D eigenvalue weighted by Gasteiger charge is 2.28. The fraction of sp³-hybridized carbons (Fsp3) is 0.647. The van der Waals surface area contributed by atoms with Gasteiger partial charge in [0.05, 0.1) is 11.8 Å². The van der Waals surface area contributed by atoms with Crippen molar-refractivity contribution in [2.24, 2.45) is 0 Å². The number of rotatable bonds is 4. The Balaban J connectivity index is 1.73. The number of β-amino-alcohol motifs (C(OH)–C–C–N with tert-alkyl or cyclic N) is 1. The van der Waals surface area contributed by atoms with Crippen LogP contribution >= 0.6 is 0 Å². The first-order valence-corrected chi connectivity index (χ1v) is 8.28. The Morgan fingerprint density at radius 1 is 1.36 bits per heavy atom. The average molecular weight is 303 g/mol. The predicted octanol–water partition coefficient (Wildman–Crippen LogP) is 1.49. The SMILES string of the molecule is CCC1CN(c2ccc3c(n2)CCC3=O)CCN1CC(C)O. The maximum atomic E-state index is 11.7. The first kappa shape index (κ1) is 15.4. The number of aryl methyl sites for hydroxylation is 1. The third-order valence-electron chi connectivity index (χ3n) is 4.75. The number of fused-ring (bicyclic) bond motifs is 1. The minimum absolute atomic E-state index is 0.224. The van der Waals surface area contributed by atoms with Crippen molar-refractivity contribution in [3.63, 3.8) is 0 Å². The summed E-state index contributed by atoms with van der Waals surface area (Å²) in [6.45, 7) is 7.57. The van der Waals surface area contributed by atoms with Crippen LogP contribution in [0.2, 0.25) is 0 Å². The zero-order valence-electron chi connectivity index (χ0n) is 13.5. The molecule has 2 atom stereocenters. The van der Waals surface area contributed by atoms with Gasteiger partial charge in [-0.05, 0) is 31.9 Å². The second-order valence-electron chi connectivity index (χ2n) is 6.44. The second-order valence-corrected chi connectivity index (χ2v) is 6.44. The number of aliphatic hydroxyl groups is 1. The van der Waals surface area contributed by atoms with Crippen molar-refractivity contribution in [1.29, 1.82) is 0 Å². The van der Waals surface area contributed by atoms with Crippen LogP contribution in [-0.2, 0) is 6.42 Å². The highest BCUT2D eigenvalue weighted by atomic mass is 16.3. The van der Waals surface area contributed by atoms with Gasteiger partial charge in [0.15, 0.2) is 5.78 Å². The number of aromatic nitrogens is 1. The van der Waals surface area contributed by atoms with Gasteiger partial charge in [-0.25, -0.2) is 4.98 Å². The van der Waals surface area contributed by atoms with Gasteiger partial charge in [-0.3, -0.25) is 9.69 Å². The van der Waals surface area contributed by atoms with Gasteiger partial charge >= 0.3 is 0 Å². The summed E-state index contributed by atoms with van der Waals surface area (Å²) in [7, 11) is 0. The molecule has 5 heteroatoms. The van der Waals surface area contributed by atoms with E-state index in [1.807, 2.05) is 19.1 Å². The van der Waals surface area contributed by atoms with Crippen LogP contribution in [0, 0.1) is 0 Å². The van der Waals surface area contributed by atoms with Crippen molar-refractivity contribution in [3.8, 4) is 0 Å². The molecule has 3 rings (SSSR count). The Morgan fingerprint density at radius 3 is 2.91 bits per heavy atom. The largest absolute Gasteiger partial charge is 0.392 e. The molecule has 2 unspecified atom stereocenters. The lowest BCUT2D eigenvalue weighted by atomic mass is 10.1. The van der Waals surface area contributed by atoms with Crippen molar-refractivity contribution >= 4 is 11.6 Å². The maximum Gasteiger partial charge on any atom is 0.165 e. The number of hydrogen-bond acceptors (Lipinski definition) is 5. The van der Waals surface area contributed by atoms with E-state index >= 15 is 0 Å². The summed E-state index contributed by atoms with van der Waals surface area (Å²) in [6, 6.07) is 4.37. The number of pyridine rings is 1. The van der Waals surface area contributed by atoms with Crippen molar-refractivity contribution in [2.45, 2.75) is 45.3 Å². The van der Waals surface area contributed by atoms with E-state index in [1.54, 1.807) is 0 Å². The summed E-state index contributed by atoms with van der Waals surface area (Å²) in [4.78, 5) is 21.1. The Labute approximate surface area is 131 Å². The van der Waals surface area contributed by atoms with Crippen LogP contribution < -0.4 is 4.90 Å². The molecule has 1 saturated heterocycles. The standard InChI is InChI=1S/C17H25N3O2/c1-3-13-11-20(9-8-19(13)10-12(2)21)17-7-4-14-15(18-17)5-6-16(14)22/h4,7,12-13,21H,3,5-6,8-11H2,1-2H3. The first-order chi connectivity index (χ1) is 10.6. The van der Waals surface area contributed by atoms with Gasteiger partial charge in [0.25, 0.3) is 0 Å². The molecular formula is C17H25N3O2. The van der Waals surface area contributed by atoms with Crippen molar-refractivity contribution < 1.29 is 9.90 Å². The number of nitrogens with zero attached hydrogens (tertiary/aromatic N) is 3. The third kappa shape index (κ3) is 3.01. The van der Waals surface area contributed by atoms with Crippen molar-refractivity contribution in [1.82, 2.24) is 9.88 Å². The molecule has 5 nitrogen and oxygen atoms in total. The topological polar surface area (TPSA) is 56.7 Å². The summed E-state index contributed by atoms with van der Waals surface area (Å²) in [6.07, 6.45) is 2.16. The van der Waals surface area contributed by atoms with Crippen LogP contribution in [-0.4, -0.2) is 59.1 Å². The molecular weight excluding hydrogens is 278 g/mol. The Bertz CT molecular complexity index is 559. The van der Waals surface area contributed by atoms with Gasteiger partial charge < -0.3 is 10.0 Å². The normalized spacial score (nSPS) is 23.7. The maximum absolute atomic E-state index is 11.7. The molecule has 0 saturated carbocycles. The molecule has 1 N–H and O–H groups in total. The fourth-order valence-electron chi connectivity index (χ4n) is 3.55. The summed E-state index contributed by atoms with van der Waals surface area (Å²) in [5.74, 6) is 1.21. The quantitative estimate of drug-likeness (QED) is 0.913. The molecule has 120 valence electrons. The third-order valence-corrected chi connectivity index (χ3v) is 4.75. The van der Waals surface area contributed by atoms with E-state index in [4.69, 9.17) is 4.98 Å². The summed E-state index contributed by atoms with van der Waals surface area (Å²) in [5.41, 5.74) is 1.77. The molecule has 0 amide bonds. The van der Waals surface area contributed by atoms with E-state index in [2.05, 4.69) is 16.7 Å². The Kier molecular flexibility index (Phi) is 4.45. The van der Waals surface area contributed by atoms with Crippen LogP contribution in [0.4, 0.5) is 5.82 Å². The van der Waals surface area contributed by atoms with E-state index in [-0.39, 0.29) is 11.9 Å². The number of hydrogen-bond donors (Lipinski definition) is 1. The molecule has 1 fully saturated rings. The highest BCUT2D eigenvalue weighted by Crippen LogP contribution is 2.25. The van der Waals surface area contributed by atoms with E-state index in [1.165, 1.54) is 0 Å². The number of carbonyl (C=O) groups excluding carboxylic acids is 1. The van der Waals surface area contributed by atoms with E-state index in [0.717, 1.165) is 56.1 Å². The summed E-state index contributed by atoms with van der Waals surface area (Å²) >= 11 is 0. The lowest BCUT2D eigenvalue weighted by Crippen LogP contribution is -2.54. The average Bonchev–Trinajstić information content (AvgIpc) is 2.88. The zero-order valence-corrected chi connectivity index (χ0v) is 13.5. The minimum atomic E-state index is -0.287. The smallest absolute Gasteiger partial charge is 0.165 e. The summed E-state index contributed by atoms with van der Waals surface area (Å²) < 4.78 is 0. The van der Waals surface area contributed by atoms with Gasteiger partial charge in [-0.1, -0.05) is 6.92 Å². The lowest BCUT2D eigenvalue weighted by Gasteiger charge is -2.42. The fourth-order valence-corrected chi connectivity index (χ4v) is 3.55. The van der Waals surface area contributed by atoms with Crippen LogP contribution in [0.1, 0.15) is 42.7 Å². The molecule has 2 heterocycles. The van der Waals surface area contributed by atoms with Gasteiger partial charge in [-0.15, -0.1) is 0 Å². The zero-order chi connectivity index (χ0) is 15.7. The van der Waals surface area contributed by atoms with Gasteiger partial charge in [0.1, 0.15) is 5.82 Å². The van der Waals surface area contributed by atoms with E-state index < -0.39 is 0 Å². The first-order valence-electron chi connectivity index (χ1n) is 8.28. The molecule has 1 aliphatic carbocycles. The molecule has 1 aromatic rings. The molecule has 1 aromatic heterocycles. The Morgan fingerprint density at radius 2 is 2.18 bits per heavy atom. The molecule has 22 heavy (non-hydrogen) atoms. The lowest BCUT2D eigenvalue weighted by molar-refractivity contribution is 0.0884. The molecule has 1 aliphatic heterocycles. The van der Waals surface area contributed by atoms with Gasteiger partial charge in [-0.2, -0.15) is 0 Å². The monoisotopic (exact) mass is 303 g/mol. The number of piperazine rings is 1. The van der Waals surface area contributed by atoms with Crippen molar-refractivity contribution in [2.75, 3.05) is 31.1 Å². The molecule has 2 aliphatic rings. The molecule has 0 aromatic carbocycles. The number of Topliss-reactive ketones (excluding diaryl/α,β-unsaturated/α-hetero) is 1. The molecule has 0 spiro atoms. The van der Waals surface area contributed by atoms with Crippen LogP contribution in [0.5, 0.6) is 0 Å². The van der Waals surface area contributed by atoms with Crippen molar-refractivity contribution in [3.05, 3.63) is 23.4 Å². The number of anilines is 1. The van der Waals surface area contributed by atoms with Crippen LogP contribution in [0.3, 0.4) is 0 Å².